The summed E-state index contributed by atoms with van der Waals surface area (Å²) in [5, 5.41) is 0. The second-order valence-corrected chi connectivity index (χ2v) is 8.28. The standard InChI is InChI=1S/C24H25N3O2/c1-24(2,3)19-8-5-17(6-9-19)18-7-10-21-20(15-18)23(28)27(13-14-29-21)16-22-25-11-4-12-26-22/h4-12,15H,13-14,16H2,1-3H3. The highest BCUT2D eigenvalue weighted by Gasteiger charge is 2.25. The van der Waals surface area contributed by atoms with Gasteiger partial charge in [0.2, 0.25) is 0 Å². The van der Waals surface area contributed by atoms with Gasteiger partial charge in [-0.1, -0.05) is 51.1 Å². The van der Waals surface area contributed by atoms with E-state index in [2.05, 4.69) is 55.0 Å². The minimum Gasteiger partial charge on any atom is -0.491 e. The molecule has 0 radical (unpaired) electrons. The smallest absolute Gasteiger partial charge is 0.258 e. The molecular formula is C24H25N3O2. The Morgan fingerprint density at radius 3 is 2.38 bits per heavy atom. The Hall–Kier alpha value is -3.21. The summed E-state index contributed by atoms with van der Waals surface area (Å²) in [6, 6.07) is 16.1. The molecule has 0 bridgehead atoms. The van der Waals surface area contributed by atoms with Crippen LogP contribution in [-0.4, -0.2) is 33.9 Å². The van der Waals surface area contributed by atoms with Crippen LogP contribution < -0.4 is 4.74 Å². The molecule has 1 aliphatic heterocycles. The van der Waals surface area contributed by atoms with Crippen molar-refractivity contribution >= 4 is 5.91 Å². The number of hydrogen-bond acceptors (Lipinski definition) is 4. The third kappa shape index (κ3) is 4.14. The Morgan fingerprint density at radius 1 is 1.00 bits per heavy atom. The van der Waals surface area contributed by atoms with Crippen molar-refractivity contribution in [2.24, 2.45) is 0 Å². The molecule has 0 fully saturated rings. The highest BCUT2D eigenvalue weighted by Crippen LogP contribution is 2.31. The van der Waals surface area contributed by atoms with Gasteiger partial charge in [0.1, 0.15) is 18.2 Å². The Morgan fingerprint density at radius 2 is 1.69 bits per heavy atom. The Balaban J connectivity index is 1.63. The van der Waals surface area contributed by atoms with E-state index in [0.29, 0.717) is 36.8 Å². The fraction of sp³-hybridized carbons (Fsp3) is 0.292. The topological polar surface area (TPSA) is 55.3 Å². The zero-order valence-electron chi connectivity index (χ0n) is 17.1. The van der Waals surface area contributed by atoms with E-state index in [4.69, 9.17) is 4.74 Å². The van der Waals surface area contributed by atoms with Crippen molar-refractivity contribution in [3.05, 3.63) is 77.9 Å². The fourth-order valence-corrected chi connectivity index (χ4v) is 3.44. The number of fused-ring (bicyclic) bond motifs is 1. The summed E-state index contributed by atoms with van der Waals surface area (Å²) in [5.74, 6) is 1.19. The van der Waals surface area contributed by atoms with Crippen LogP contribution in [0.1, 0.15) is 42.5 Å². The molecule has 1 aliphatic rings. The van der Waals surface area contributed by atoms with E-state index in [-0.39, 0.29) is 11.3 Å². The Bertz CT molecular complexity index is 1010. The van der Waals surface area contributed by atoms with Crippen LogP contribution in [0.2, 0.25) is 0 Å². The molecule has 0 atom stereocenters. The first kappa shape index (κ1) is 19.1. The fourth-order valence-electron chi connectivity index (χ4n) is 3.44. The van der Waals surface area contributed by atoms with Crippen molar-refractivity contribution in [1.29, 1.82) is 0 Å². The Kier molecular flexibility index (Phi) is 5.05. The minimum atomic E-state index is -0.0573. The summed E-state index contributed by atoms with van der Waals surface area (Å²) in [6.07, 6.45) is 3.38. The summed E-state index contributed by atoms with van der Waals surface area (Å²) in [6.45, 7) is 7.92. The summed E-state index contributed by atoms with van der Waals surface area (Å²) < 4.78 is 5.84. The molecule has 5 heteroatoms. The van der Waals surface area contributed by atoms with Gasteiger partial charge in [0.25, 0.3) is 5.91 Å². The molecule has 29 heavy (non-hydrogen) atoms. The van der Waals surface area contributed by atoms with Gasteiger partial charge in [0, 0.05) is 12.4 Å². The van der Waals surface area contributed by atoms with Crippen LogP contribution in [0.4, 0.5) is 0 Å². The van der Waals surface area contributed by atoms with Gasteiger partial charge in [-0.05, 0) is 40.3 Å². The van der Waals surface area contributed by atoms with Crippen LogP contribution in [0, 0.1) is 0 Å². The quantitative estimate of drug-likeness (QED) is 0.665. The molecule has 148 valence electrons. The minimum absolute atomic E-state index is 0.0573. The molecular weight excluding hydrogens is 362 g/mol. The first-order valence-electron chi connectivity index (χ1n) is 9.85. The van der Waals surface area contributed by atoms with Crippen molar-refractivity contribution in [1.82, 2.24) is 14.9 Å². The number of hydrogen-bond donors (Lipinski definition) is 0. The van der Waals surface area contributed by atoms with Crippen LogP contribution in [0.15, 0.2) is 60.9 Å². The highest BCUT2D eigenvalue weighted by molar-refractivity contribution is 5.98. The maximum Gasteiger partial charge on any atom is 0.258 e. The SMILES string of the molecule is CC(C)(C)c1ccc(-c2ccc3c(c2)C(=O)N(Cc2ncccn2)CCO3)cc1. The molecule has 0 aliphatic carbocycles. The number of aromatic nitrogens is 2. The van der Waals surface area contributed by atoms with Gasteiger partial charge in [0.05, 0.1) is 18.7 Å². The van der Waals surface area contributed by atoms with Gasteiger partial charge >= 0.3 is 0 Å². The molecule has 1 amide bonds. The molecule has 2 heterocycles. The van der Waals surface area contributed by atoms with E-state index < -0.39 is 0 Å². The van der Waals surface area contributed by atoms with Crippen molar-refractivity contribution < 1.29 is 9.53 Å². The van der Waals surface area contributed by atoms with E-state index in [9.17, 15) is 4.79 Å². The molecule has 3 aromatic rings. The normalized spacial score (nSPS) is 14.2. The van der Waals surface area contributed by atoms with E-state index in [0.717, 1.165) is 11.1 Å². The second kappa shape index (κ2) is 7.66. The maximum atomic E-state index is 13.2. The van der Waals surface area contributed by atoms with E-state index in [1.165, 1.54) is 5.56 Å². The molecule has 0 N–H and O–H groups in total. The third-order valence-electron chi connectivity index (χ3n) is 5.15. The summed E-state index contributed by atoms with van der Waals surface area (Å²) in [4.78, 5) is 23.4. The van der Waals surface area contributed by atoms with Gasteiger partial charge in [-0.2, -0.15) is 0 Å². The van der Waals surface area contributed by atoms with Gasteiger partial charge in [-0.3, -0.25) is 4.79 Å². The van der Waals surface area contributed by atoms with Gasteiger partial charge in [0.15, 0.2) is 0 Å². The van der Waals surface area contributed by atoms with Crippen LogP contribution in [0.25, 0.3) is 11.1 Å². The largest absolute Gasteiger partial charge is 0.491 e. The molecule has 0 saturated heterocycles. The summed E-state index contributed by atoms with van der Waals surface area (Å²) in [5.41, 5.74) is 4.05. The zero-order valence-corrected chi connectivity index (χ0v) is 17.1. The van der Waals surface area contributed by atoms with Gasteiger partial charge < -0.3 is 9.64 Å². The average molecular weight is 387 g/mol. The molecule has 0 spiro atoms. The van der Waals surface area contributed by atoms with Crippen LogP contribution in [-0.2, 0) is 12.0 Å². The molecule has 0 saturated carbocycles. The number of rotatable bonds is 3. The third-order valence-corrected chi connectivity index (χ3v) is 5.15. The molecule has 1 aromatic heterocycles. The van der Waals surface area contributed by atoms with Crippen molar-refractivity contribution in [2.45, 2.75) is 32.7 Å². The lowest BCUT2D eigenvalue weighted by Gasteiger charge is -2.20. The predicted molar refractivity (Wildman–Crippen MR) is 113 cm³/mol. The lowest BCUT2D eigenvalue weighted by atomic mass is 9.86. The van der Waals surface area contributed by atoms with Crippen molar-refractivity contribution in [3.63, 3.8) is 0 Å². The monoisotopic (exact) mass is 387 g/mol. The van der Waals surface area contributed by atoms with E-state index in [1.54, 1.807) is 23.4 Å². The van der Waals surface area contributed by atoms with E-state index in [1.807, 2.05) is 18.2 Å². The summed E-state index contributed by atoms with van der Waals surface area (Å²) >= 11 is 0. The van der Waals surface area contributed by atoms with Gasteiger partial charge in [-0.15, -0.1) is 0 Å². The second-order valence-electron chi connectivity index (χ2n) is 8.28. The van der Waals surface area contributed by atoms with E-state index >= 15 is 0 Å². The highest BCUT2D eigenvalue weighted by atomic mass is 16.5. The van der Waals surface area contributed by atoms with Gasteiger partial charge in [-0.25, -0.2) is 9.97 Å². The summed E-state index contributed by atoms with van der Waals surface area (Å²) in [7, 11) is 0. The zero-order chi connectivity index (χ0) is 20.4. The van der Waals surface area contributed by atoms with Crippen molar-refractivity contribution in [3.8, 4) is 16.9 Å². The number of carbonyl (C=O) groups is 1. The lowest BCUT2D eigenvalue weighted by molar-refractivity contribution is 0.0738. The first-order valence-corrected chi connectivity index (χ1v) is 9.85. The van der Waals surface area contributed by atoms with Crippen LogP contribution in [0.3, 0.4) is 0 Å². The predicted octanol–water partition coefficient (Wildman–Crippen LogP) is 4.48. The molecule has 5 nitrogen and oxygen atoms in total. The maximum absolute atomic E-state index is 13.2. The number of amides is 1. The first-order chi connectivity index (χ1) is 13.9. The number of benzene rings is 2. The Labute approximate surface area is 171 Å². The average Bonchev–Trinajstić information content (AvgIpc) is 2.87. The molecule has 4 rings (SSSR count). The van der Waals surface area contributed by atoms with Crippen LogP contribution >= 0.6 is 0 Å². The molecule has 2 aromatic carbocycles. The number of ether oxygens (including phenoxy) is 1. The number of carbonyl (C=O) groups excluding carboxylic acids is 1. The van der Waals surface area contributed by atoms with Crippen molar-refractivity contribution in [2.75, 3.05) is 13.2 Å². The molecule has 0 unspecified atom stereocenters. The lowest BCUT2D eigenvalue weighted by Crippen LogP contribution is -2.32. The van der Waals surface area contributed by atoms with Crippen LogP contribution in [0.5, 0.6) is 5.75 Å². The number of nitrogens with zero attached hydrogens (tertiary/aromatic N) is 3.